The summed E-state index contributed by atoms with van der Waals surface area (Å²) in [6, 6.07) is 11.4. The van der Waals surface area contributed by atoms with Gasteiger partial charge in [0.2, 0.25) is 5.91 Å². The van der Waals surface area contributed by atoms with E-state index in [1.807, 2.05) is 6.07 Å². The number of aryl methyl sites for hydroxylation is 1. The van der Waals surface area contributed by atoms with Gasteiger partial charge in [-0.1, -0.05) is 18.2 Å². The second kappa shape index (κ2) is 10.2. The van der Waals surface area contributed by atoms with Crippen LogP contribution in [0.3, 0.4) is 0 Å². The first-order chi connectivity index (χ1) is 14.8. The van der Waals surface area contributed by atoms with Gasteiger partial charge in [-0.3, -0.25) is 4.79 Å². The summed E-state index contributed by atoms with van der Waals surface area (Å²) in [4.78, 5) is 14.8. The second-order valence-electron chi connectivity index (χ2n) is 7.92. The van der Waals surface area contributed by atoms with Gasteiger partial charge in [-0.25, -0.2) is 12.8 Å². The number of ether oxygens (including phenoxy) is 1. The number of rotatable bonds is 8. The lowest BCUT2D eigenvalue weighted by Crippen LogP contribution is -2.41. The fourth-order valence-corrected chi connectivity index (χ4v) is 4.98. The molecule has 0 atom stereocenters. The molecule has 0 aromatic heterocycles. The van der Waals surface area contributed by atoms with Crippen molar-refractivity contribution in [3.63, 3.8) is 0 Å². The van der Waals surface area contributed by atoms with E-state index in [9.17, 15) is 17.6 Å². The molecular weight excluding hydrogens is 419 g/mol. The summed E-state index contributed by atoms with van der Waals surface area (Å²) in [6.07, 6.45) is 1.35. The van der Waals surface area contributed by atoms with Crippen molar-refractivity contribution >= 4 is 15.7 Å². The fourth-order valence-electron chi connectivity index (χ4n) is 3.66. The third kappa shape index (κ3) is 6.27. The van der Waals surface area contributed by atoms with Crippen LogP contribution in [0.25, 0.3) is 0 Å². The summed E-state index contributed by atoms with van der Waals surface area (Å²) >= 11 is 0. The highest BCUT2D eigenvalue weighted by Gasteiger charge is 2.26. The molecule has 1 heterocycles. The van der Waals surface area contributed by atoms with Crippen LogP contribution in [0.15, 0.2) is 47.4 Å². The SMILES string of the molecule is COc1cccc(S(=O)(=O)CCN2CCC(C(=O)NCc3ccc(C)c(F)c3)CC2)c1. The fraction of sp³-hybridized carbons (Fsp3) is 0.435. The molecule has 6 nitrogen and oxygen atoms in total. The predicted octanol–water partition coefficient (Wildman–Crippen LogP) is 2.94. The number of halogens is 1. The molecule has 31 heavy (non-hydrogen) atoms. The zero-order valence-electron chi connectivity index (χ0n) is 17.9. The summed E-state index contributed by atoms with van der Waals surface area (Å²) in [5.74, 6) is 0.118. The maximum atomic E-state index is 13.6. The number of benzene rings is 2. The van der Waals surface area contributed by atoms with Crippen molar-refractivity contribution in [1.82, 2.24) is 10.2 Å². The highest BCUT2D eigenvalue weighted by Crippen LogP contribution is 2.21. The van der Waals surface area contributed by atoms with Gasteiger partial charge in [0.1, 0.15) is 11.6 Å². The van der Waals surface area contributed by atoms with Crippen LogP contribution in [-0.2, 0) is 21.2 Å². The number of nitrogens with one attached hydrogen (secondary N) is 1. The molecule has 8 heteroatoms. The lowest BCUT2D eigenvalue weighted by atomic mass is 9.96. The minimum absolute atomic E-state index is 0.0238. The summed E-state index contributed by atoms with van der Waals surface area (Å²) in [5, 5.41) is 2.89. The standard InChI is InChI=1S/C23H29FN2O4S/c1-17-6-7-18(14-22(17)24)16-25-23(27)19-8-10-26(11-9-19)12-13-31(28,29)21-5-3-4-20(15-21)30-2/h3-7,14-15,19H,8-13,16H2,1-2H3,(H,25,27). The van der Waals surface area contributed by atoms with Crippen LogP contribution in [0.2, 0.25) is 0 Å². The van der Waals surface area contributed by atoms with Crippen molar-refractivity contribution in [3.05, 3.63) is 59.4 Å². The molecule has 1 fully saturated rings. The Bertz CT molecular complexity index is 1020. The lowest BCUT2D eigenvalue weighted by molar-refractivity contribution is -0.126. The third-order valence-corrected chi connectivity index (χ3v) is 7.43. The van der Waals surface area contributed by atoms with E-state index in [4.69, 9.17) is 4.74 Å². The number of carbonyl (C=O) groups is 1. The quantitative estimate of drug-likeness (QED) is 0.672. The molecule has 1 aliphatic rings. The first kappa shape index (κ1) is 23.2. The maximum Gasteiger partial charge on any atom is 0.223 e. The summed E-state index contributed by atoms with van der Waals surface area (Å²) in [5.41, 5.74) is 1.31. The zero-order chi connectivity index (χ0) is 22.4. The van der Waals surface area contributed by atoms with Crippen molar-refractivity contribution in [1.29, 1.82) is 0 Å². The second-order valence-corrected chi connectivity index (χ2v) is 10.0. The van der Waals surface area contributed by atoms with E-state index >= 15 is 0 Å². The molecule has 3 rings (SSSR count). The van der Waals surface area contributed by atoms with Gasteiger partial charge in [0.25, 0.3) is 0 Å². The Morgan fingerprint density at radius 3 is 2.61 bits per heavy atom. The topological polar surface area (TPSA) is 75.7 Å². The Morgan fingerprint density at radius 1 is 1.19 bits per heavy atom. The zero-order valence-corrected chi connectivity index (χ0v) is 18.8. The van der Waals surface area contributed by atoms with E-state index in [1.54, 1.807) is 31.2 Å². The van der Waals surface area contributed by atoms with E-state index in [0.29, 0.717) is 50.3 Å². The van der Waals surface area contributed by atoms with E-state index < -0.39 is 9.84 Å². The number of piperidine rings is 1. The van der Waals surface area contributed by atoms with Crippen LogP contribution in [-0.4, -0.2) is 51.7 Å². The Balaban J connectivity index is 1.44. The average Bonchev–Trinajstić information content (AvgIpc) is 2.78. The van der Waals surface area contributed by atoms with Crippen molar-refractivity contribution in [3.8, 4) is 5.75 Å². The normalized spacial score (nSPS) is 15.6. The summed E-state index contributed by atoms with van der Waals surface area (Å²) < 4.78 is 44.0. The first-order valence-electron chi connectivity index (χ1n) is 10.4. The molecule has 2 aromatic rings. The van der Waals surface area contributed by atoms with Gasteiger partial charge in [0.05, 0.1) is 17.8 Å². The van der Waals surface area contributed by atoms with Crippen LogP contribution in [0, 0.1) is 18.7 Å². The lowest BCUT2D eigenvalue weighted by Gasteiger charge is -2.31. The molecule has 0 spiro atoms. The van der Waals surface area contributed by atoms with Gasteiger partial charge < -0.3 is 15.0 Å². The Labute approximate surface area is 183 Å². The largest absolute Gasteiger partial charge is 0.497 e. The minimum Gasteiger partial charge on any atom is -0.497 e. The number of methoxy groups -OCH3 is 1. The number of hydrogen-bond donors (Lipinski definition) is 1. The molecule has 0 saturated carbocycles. The van der Waals surface area contributed by atoms with Crippen LogP contribution in [0.4, 0.5) is 4.39 Å². The number of likely N-dealkylation sites (tertiary alicyclic amines) is 1. The van der Waals surface area contributed by atoms with Gasteiger partial charge in [-0.2, -0.15) is 0 Å². The van der Waals surface area contributed by atoms with Crippen molar-refractivity contribution in [2.75, 3.05) is 32.5 Å². The molecule has 0 aliphatic carbocycles. The average molecular weight is 449 g/mol. The molecule has 0 bridgehead atoms. The van der Waals surface area contributed by atoms with Gasteiger partial charge in [0, 0.05) is 19.0 Å². The predicted molar refractivity (Wildman–Crippen MR) is 117 cm³/mol. The van der Waals surface area contributed by atoms with Crippen LogP contribution in [0.5, 0.6) is 5.75 Å². The molecule has 2 aromatic carbocycles. The molecule has 0 unspecified atom stereocenters. The summed E-state index contributed by atoms with van der Waals surface area (Å²) in [7, 11) is -1.89. The van der Waals surface area contributed by atoms with Crippen LogP contribution in [0.1, 0.15) is 24.0 Å². The third-order valence-electron chi connectivity index (χ3n) is 5.74. The van der Waals surface area contributed by atoms with Crippen molar-refractivity contribution < 1.29 is 22.3 Å². The Morgan fingerprint density at radius 2 is 1.94 bits per heavy atom. The number of nitrogens with zero attached hydrogens (tertiary/aromatic N) is 1. The van der Waals surface area contributed by atoms with E-state index in [-0.39, 0.29) is 28.3 Å². The molecule has 1 amide bonds. The number of amides is 1. The summed E-state index contributed by atoms with van der Waals surface area (Å²) in [6.45, 7) is 3.77. The molecule has 1 N–H and O–H groups in total. The Kier molecular flexibility index (Phi) is 7.67. The van der Waals surface area contributed by atoms with Crippen molar-refractivity contribution in [2.45, 2.75) is 31.2 Å². The Hall–Kier alpha value is -2.45. The molecule has 168 valence electrons. The van der Waals surface area contributed by atoms with E-state index in [1.165, 1.54) is 19.2 Å². The molecule has 1 saturated heterocycles. The number of hydrogen-bond acceptors (Lipinski definition) is 5. The van der Waals surface area contributed by atoms with Crippen LogP contribution >= 0.6 is 0 Å². The highest BCUT2D eigenvalue weighted by molar-refractivity contribution is 7.91. The molecule has 0 radical (unpaired) electrons. The minimum atomic E-state index is -3.40. The maximum absolute atomic E-state index is 13.6. The monoisotopic (exact) mass is 448 g/mol. The molecule has 1 aliphatic heterocycles. The smallest absolute Gasteiger partial charge is 0.223 e. The molecular formula is C23H29FN2O4S. The number of carbonyl (C=O) groups excluding carboxylic acids is 1. The first-order valence-corrected chi connectivity index (χ1v) is 12.1. The van der Waals surface area contributed by atoms with E-state index in [0.717, 1.165) is 5.56 Å². The highest BCUT2D eigenvalue weighted by atomic mass is 32.2. The van der Waals surface area contributed by atoms with Crippen LogP contribution < -0.4 is 10.1 Å². The van der Waals surface area contributed by atoms with Crippen molar-refractivity contribution in [2.24, 2.45) is 5.92 Å². The van der Waals surface area contributed by atoms with Gasteiger partial charge in [-0.15, -0.1) is 0 Å². The van der Waals surface area contributed by atoms with E-state index in [2.05, 4.69) is 10.2 Å². The van der Waals surface area contributed by atoms with Gasteiger partial charge in [-0.05, 0) is 68.2 Å². The number of sulfone groups is 1. The van der Waals surface area contributed by atoms with Gasteiger partial charge in [0.15, 0.2) is 9.84 Å². The van der Waals surface area contributed by atoms with Gasteiger partial charge >= 0.3 is 0 Å².